The largest absolute Gasteiger partial charge is 0.489 e. The predicted molar refractivity (Wildman–Crippen MR) is 85.5 cm³/mol. The lowest BCUT2D eigenvalue weighted by Crippen LogP contribution is -2.45. The van der Waals surface area contributed by atoms with Crippen LogP contribution < -0.4 is 10.1 Å². The highest BCUT2D eigenvalue weighted by Crippen LogP contribution is 2.30. The fraction of sp³-hybridized carbons (Fsp3) is 0.667. The molecule has 20 heavy (non-hydrogen) atoms. The third-order valence-electron chi connectivity index (χ3n) is 4.18. The van der Waals surface area contributed by atoms with Gasteiger partial charge >= 0.3 is 0 Å². The number of benzene rings is 1. The highest BCUT2D eigenvalue weighted by atomic mass is 16.5. The number of para-hydroxylation sites is 1. The lowest BCUT2D eigenvalue weighted by Gasteiger charge is -2.33. The van der Waals surface area contributed by atoms with Crippen LogP contribution in [0.15, 0.2) is 24.3 Å². The summed E-state index contributed by atoms with van der Waals surface area (Å²) in [4.78, 5) is 0. The average molecular weight is 275 g/mol. The second kappa shape index (κ2) is 7.68. The van der Waals surface area contributed by atoms with Gasteiger partial charge in [0, 0.05) is 6.04 Å². The molecular formula is C18H29NO. The zero-order chi connectivity index (χ0) is 14.4. The minimum Gasteiger partial charge on any atom is -0.489 e. The molecule has 1 aromatic carbocycles. The molecule has 1 aromatic rings. The molecule has 2 heteroatoms. The summed E-state index contributed by atoms with van der Waals surface area (Å²) in [5, 5.41) is 3.67. The second-order valence-corrected chi connectivity index (χ2v) is 6.19. The summed E-state index contributed by atoms with van der Waals surface area (Å²) in [7, 11) is 0. The summed E-state index contributed by atoms with van der Waals surface area (Å²) in [5.74, 6) is 1.59. The van der Waals surface area contributed by atoms with Crippen LogP contribution in [-0.4, -0.2) is 18.7 Å². The van der Waals surface area contributed by atoms with Gasteiger partial charge in [-0.1, -0.05) is 45.4 Å². The van der Waals surface area contributed by atoms with Crippen molar-refractivity contribution in [1.82, 2.24) is 5.32 Å². The van der Waals surface area contributed by atoms with Crippen molar-refractivity contribution in [3.05, 3.63) is 29.8 Å². The minimum absolute atomic E-state index is 0.329. The van der Waals surface area contributed by atoms with Crippen molar-refractivity contribution in [2.24, 2.45) is 0 Å². The van der Waals surface area contributed by atoms with E-state index in [0.29, 0.717) is 18.1 Å². The highest BCUT2D eigenvalue weighted by Gasteiger charge is 2.26. The van der Waals surface area contributed by atoms with Gasteiger partial charge in [-0.2, -0.15) is 0 Å². The molecular weight excluding hydrogens is 246 g/mol. The van der Waals surface area contributed by atoms with E-state index in [1.165, 1.54) is 37.7 Å². The normalized spacial score (nSPS) is 23.0. The van der Waals surface area contributed by atoms with Crippen LogP contribution in [0.1, 0.15) is 64.4 Å². The summed E-state index contributed by atoms with van der Waals surface area (Å²) in [6.45, 7) is 7.78. The van der Waals surface area contributed by atoms with Crippen LogP contribution in [0.25, 0.3) is 0 Å². The standard InChI is InChI=1S/C18H29NO/c1-4-13-19-16-10-6-8-12-18(16)20-17-11-7-5-9-15(17)14(2)3/h5,7,9,11,14,16,18-19H,4,6,8,10,12-13H2,1-3H3. The van der Waals surface area contributed by atoms with Crippen LogP contribution in [-0.2, 0) is 0 Å². The van der Waals surface area contributed by atoms with E-state index in [2.05, 4.69) is 50.4 Å². The van der Waals surface area contributed by atoms with E-state index in [1.807, 2.05) is 0 Å². The first-order valence-electron chi connectivity index (χ1n) is 8.21. The summed E-state index contributed by atoms with van der Waals surface area (Å²) >= 11 is 0. The van der Waals surface area contributed by atoms with E-state index >= 15 is 0 Å². The van der Waals surface area contributed by atoms with Gasteiger partial charge in [0.2, 0.25) is 0 Å². The number of nitrogens with one attached hydrogen (secondary N) is 1. The molecule has 0 aromatic heterocycles. The number of ether oxygens (including phenoxy) is 1. The quantitative estimate of drug-likeness (QED) is 0.825. The third kappa shape index (κ3) is 3.99. The molecule has 2 nitrogen and oxygen atoms in total. The molecule has 1 aliphatic carbocycles. The lowest BCUT2D eigenvalue weighted by atomic mass is 9.92. The number of hydrogen-bond donors (Lipinski definition) is 1. The van der Waals surface area contributed by atoms with Gasteiger partial charge in [0.05, 0.1) is 0 Å². The van der Waals surface area contributed by atoms with Crippen LogP contribution in [0, 0.1) is 0 Å². The molecule has 0 amide bonds. The highest BCUT2D eigenvalue weighted by molar-refractivity contribution is 5.35. The molecule has 0 aliphatic heterocycles. The maximum Gasteiger partial charge on any atom is 0.123 e. The molecule has 112 valence electrons. The molecule has 1 fully saturated rings. The van der Waals surface area contributed by atoms with Crippen LogP contribution in [0.3, 0.4) is 0 Å². The van der Waals surface area contributed by atoms with E-state index in [-0.39, 0.29) is 0 Å². The first-order chi connectivity index (χ1) is 9.72. The van der Waals surface area contributed by atoms with Crippen LogP contribution >= 0.6 is 0 Å². The van der Waals surface area contributed by atoms with Gasteiger partial charge in [-0.15, -0.1) is 0 Å². The Kier molecular flexibility index (Phi) is 5.90. The average Bonchev–Trinajstić information content (AvgIpc) is 2.47. The molecule has 2 unspecified atom stereocenters. The molecule has 2 atom stereocenters. The first kappa shape index (κ1) is 15.4. The van der Waals surface area contributed by atoms with Crippen molar-refractivity contribution < 1.29 is 4.74 Å². The van der Waals surface area contributed by atoms with Gasteiger partial charge in [0.25, 0.3) is 0 Å². The van der Waals surface area contributed by atoms with Crippen molar-refractivity contribution in [1.29, 1.82) is 0 Å². The lowest BCUT2D eigenvalue weighted by molar-refractivity contribution is 0.112. The van der Waals surface area contributed by atoms with Crippen LogP contribution in [0.2, 0.25) is 0 Å². The predicted octanol–water partition coefficient (Wildman–Crippen LogP) is 4.50. The monoisotopic (exact) mass is 275 g/mol. The maximum absolute atomic E-state index is 6.39. The van der Waals surface area contributed by atoms with Gasteiger partial charge in [-0.05, 0) is 49.8 Å². The molecule has 2 rings (SSSR count). The SMILES string of the molecule is CCCNC1CCCCC1Oc1ccccc1C(C)C. The molecule has 1 aliphatic rings. The summed E-state index contributed by atoms with van der Waals surface area (Å²) in [6, 6.07) is 9.02. The second-order valence-electron chi connectivity index (χ2n) is 6.19. The minimum atomic E-state index is 0.329. The van der Waals surface area contributed by atoms with E-state index in [4.69, 9.17) is 4.74 Å². The van der Waals surface area contributed by atoms with E-state index in [1.54, 1.807) is 0 Å². The Morgan fingerprint density at radius 3 is 2.70 bits per heavy atom. The van der Waals surface area contributed by atoms with E-state index < -0.39 is 0 Å². The van der Waals surface area contributed by atoms with Crippen molar-refractivity contribution in [3.8, 4) is 5.75 Å². The number of hydrogen-bond acceptors (Lipinski definition) is 2. The van der Waals surface area contributed by atoms with Crippen LogP contribution in [0.4, 0.5) is 0 Å². The Balaban J connectivity index is 2.06. The Labute approximate surface area is 123 Å². The molecule has 0 spiro atoms. The van der Waals surface area contributed by atoms with Crippen molar-refractivity contribution >= 4 is 0 Å². The molecule has 0 heterocycles. The maximum atomic E-state index is 6.39. The van der Waals surface area contributed by atoms with Crippen molar-refractivity contribution in [3.63, 3.8) is 0 Å². The topological polar surface area (TPSA) is 21.3 Å². The molecule has 1 N–H and O–H groups in total. The van der Waals surface area contributed by atoms with Gasteiger partial charge < -0.3 is 10.1 Å². The van der Waals surface area contributed by atoms with E-state index in [9.17, 15) is 0 Å². The summed E-state index contributed by atoms with van der Waals surface area (Å²) in [6.07, 6.45) is 6.55. The van der Waals surface area contributed by atoms with Gasteiger partial charge in [0.1, 0.15) is 11.9 Å². The summed E-state index contributed by atoms with van der Waals surface area (Å²) < 4.78 is 6.39. The van der Waals surface area contributed by atoms with E-state index in [0.717, 1.165) is 12.3 Å². The zero-order valence-electron chi connectivity index (χ0n) is 13.2. The Hall–Kier alpha value is -1.02. The van der Waals surface area contributed by atoms with Gasteiger partial charge in [-0.25, -0.2) is 0 Å². The van der Waals surface area contributed by atoms with Gasteiger partial charge in [0.15, 0.2) is 0 Å². The molecule has 1 saturated carbocycles. The molecule has 0 saturated heterocycles. The molecule has 0 radical (unpaired) electrons. The third-order valence-corrected chi connectivity index (χ3v) is 4.18. The summed E-state index contributed by atoms with van der Waals surface area (Å²) in [5.41, 5.74) is 1.33. The van der Waals surface area contributed by atoms with Crippen molar-refractivity contribution in [2.45, 2.75) is 70.9 Å². The fourth-order valence-corrected chi connectivity index (χ4v) is 3.03. The van der Waals surface area contributed by atoms with Crippen LogP contribution in [0.5, 0.6) is 5.75 Å². The first-order valence-corrected chi connectivity index (χ1v) is 8.21. The van der Waals surface area contributed by atoms with Crippen molar-refractivity contribution in [2.75, 3.05) is 6.54 Å². The Morgan fingerprint density at radius 1 is 1.20 bits per heavy atom. The smallest absolute Gasteiger partial charge is 0.123 e. The Morgan fingerprint density at radius 2 is 1.95 bits per heavy atom. The fourth-order valence-electron chi connectivity index (χ4n) is 3.03. The Bertz CT molecular complexity index is 402. The zero-order valence-corrected chi connectivity index (χ0v) is 13.2. The number of rotatable bonds is 6. The molecule has 0 bridgehead atoms. The van der Waals surface area contributed by atoms with Gasteiger partial charge in [-0.3, -0.25) is 0 Å².